The fourth-order valence-corrected chi connectivity index (χ4v) is 6.41. The minimum Gasteiger partial charge on any atom is -0.390 e. The fourth-order valence-electron chi connectivity index (χ4n) is 5.28. The molecule has 0 bridgehead atoms. The van der Waals surface area contributed by atoms with E-state index in [-0.39, 0.29) is 30.2 Å². The number of nitrogens with zero attached hydrogens (tertiary/aromatic N) is 6. The predicted octanol–water partition coefficient (Wildman–Crippen LogP) is 3.00. The Morgan fingerprint density at radius 3 is 2.74 bits per heavy atom. The van der Waals surface area contributed by atoms with E-state index in [2.05, 4.69) is 24.6 Å². The van der Waals surface area contributed by atoms with Crippen molar-refractivity contribution in [3.8, 4) is 0 Å². The number of aromatic nitrogens is 3. The van der Waals surface area contributed by atoms with Gasteiger partial charge in [-0.25, -0.2) is 21.5 Å². The van der Waals surface area contributed by atoms with Crippen LogP contribution < -0.4 is 15.5 Å². The number of aliphatic hydroxyl groups excluding tert-OH is 1. The minimum atomic E-state index is -0.195. The summed E-state index contributed by atoms with van der Waals surface area (Å²) in [5, 5.41) is 11.3. The highest BCUT2D eigenvalue weighted by atomic mass is 35.5. The molecule has 5 rings (SSSR count). The summed E-state index contributed by atoms with van der Waals surface area (Å²) in [5.41, 5.74) is 7.03. The molecule has 0 saturated carbocycles. The van der Waals surface area contributed by atoms with Crippen LogP contribution >= 0.6 is 23.4 Å². The smallest absolute Gasteiger partial charge is 0.234 e. The van der Waals surface area contributed by atoms with Gasteiger partial charge >= 0.3 is 0 Å². The first kappa shape index (κ1) is 24.5. The van der Waals surface area contributed by atoms with E-state index in [0.717, 1.165) is 49.6 Å². The maximum atomic E-state index is 10.1. The molecule has 3 N–H and O–H groups in total. The number of pyridine rings is 1. The number of nitrogens with two attached hydrogens (primary N) is 1. The van der Waals surface area contributed by atoms with Crippen molar-refractivity contribution < 1.29 is 9.84 Å². The Balaban J connectivity index is 1.30. The standard InChI is InChI=1S/C24H30ClN7O2S/c1-15-21(26)24(14-34-15)5-9-31(10-6-24)22-17(13-33)30-19(12-29-22)35-18-3-7-28-23(20(18)25)32-8-4-16(32)11-27-2/h3,7,12,15-16,21,33H,4-6,8-11,13-14,26H2,1H3/t15-,16?,21+/m0/s1. The average molecular weight is 516 g/mol. The van der Waals surface area contributed by atoms with Gasteiger partial charge in [-0.05, 0) is 32.3 Å². The van der Waals surface area contributed by atoms with Crippen LogP contribution in [0.25, 0.3) is 4.85 Å². The summed E-state index contributed by atoms with van der Waals surface area (Å²) < 4.78 is 5.83. The molecule has 3 aliphatic heterocycles. The molecule has 0 amide bonds. The number of aliphatic hydroxyl groups is 1. The molecule has 3 atom stereocenters. The lowest BCUT2D eigenvalue weighted by Crippen LogP contribution is -2.51. The van der Waals surface area contributed by atoms with Crippen LogP contribution in [0.3, 0.4) is 0 Å². The number of rotatable bonds is 6. The number of halogens is 1. The molecule has 0 aromatic carbocycles. The molecule has 5 heterocycles. The summed E-state index contributed by atoms with van der Waals surface area (Å²) in [6.45, 7) is 12.6. The zero-order valence-corrected chi connectivity index (χ0v) is 21.3. The number of ether oxygens (including phenoxy) is 1. The Morgan fingerprint density at radius 1 is 1.31 bits per heavy atom. The predicted molar refractivity (Wildman–Crippen MR) is 136 cm³/mol. The van der Waals surface area contributed by atoms with Gasteiger partial charge in [0.15, 0.2) is 5.82 Å². The SMILES string of the molecule is [C-]#[N+]CC1CCN1c1nccc(Sc2cnc(N3CCC4(CC3)CO[C@@H](C)[C@H]4N)c(CO)n2)c1Cl. The molecule has 3 fully saturated rings. The first-order valence-corrected chi connectivity index (χ1v) is 13.2. The second kappa shape index (κ2) is 10.1. The van der Waals surface area contributed by atoms with Crippen molar-refractivity contribution in [1.29, 1.82) is 0 Å². The van der Waals surface area contributed by atoms with E-state index in [1.165, 1.54) is 11.8 Å². The third-order valence-electron chi connectivity index (χ3n) is 7.62. The van der Waals surface area contributed by atoms with Crippen LogP contribution in [-0.2, 0) is 11.3 Å². The van der Waals surface area contributed by atoms with E-state index in [1.54, 1.807) is 12.4 Å². The summed E-state index contributed by atoms with van der Waals surface area (Å²) in [6, 6.07) is 2.07. The highest BCUT2D eigenvalue weighted by Crippen LogP contribution is 2.43. The molecule has 11 heteroatoms. The molecule has 35 heavy (non-hydrogen) atoms. The Morgan fingerprint density at radius 2 is 2.11 bits per heavy atom. The van der Waals surface area contributed by atoms with E-state index < -0.39 is 0 Å². The third-order valence-corrected chi connectivity index (χ3v) is 9.07. The molecule has 186 valence electrons. The Labute approximate surface area is 214 Å². The maximum absolute atomic E-state index is 10.1. The van der Waals surface area contributed by atoms with Crippen molar-refractivity contribution in [3.63, 3.8) is 0 Å². The molecular weight excluding hydrogens is 486 g/mol. The van der Waals surface area contributed by atoms with Gasteiger partial charge in [-0.1, -0.05) is 23.4 Å². The van der Waals surface area contributed by atoms with Gasteiger partial charge in [0.05, 0.1) is 30.5 Å². The second-order valence-corrected chi connectivity index (χ2v) is 11.0. The van der Waals surface area contributed by atoms with Gasteiger partial charge in [0, 0.05) is 42.2 Å². The van der Waals surface area contributed by atoms with Gasteiger partial charge < -0.3 is 30.2 Å². The molecule has 0 aliphatic carbocycles. The lowest BCUT2D eigenvalue weighted by Gasteiger charge is -2.41. The molecule has 0 radical (unpaired) electrons. The molecule has 2 aromatic heterocycles. The fraction of sp³-hybridized carbons (Fsp3) is 0.583. The van der Waals surface area contributed by atoms with Crippen LogP contribution in [0, 0.1) is 12.0 Å². The monoisotopic (exact) mass is 515 g/mol. The van der Waals surface area contributed by atoms with Crippen molar-refractivity contribution in [3.05, 3.63) is 40.6 Å². The zero-order chi connectivity index (χ0) is 24.6. The zero-order valence-electron chi connectivity index (χ0n) is 19.7. The summed E-state index contributed by atoms with van der Waals surface area (Å²) in [7, 11) is 0. The Bertz CT molecular complexity index is 1120. The van der Waals surface area contributed by atoms with Gasteiger partial charge in [0.2, 0.25) is 6.54 Å². The van der Waals surface area contributed by atoms with Gasteiger partial charge in [-0.2, -0.15) is 0 Å². The van der Waals surface area contributed by atoms with E-state index in [4.69, 9.17) is 33.6 Å². The van der Waals surface area contributed by atoms with Crippen LogP contribution in [0.15, 0.2) is 28.4 Å². The molecule has 3 saturated heterocycles. The summed E-state index contributed by atoms with van der Waals surface area (Å²) >= 11 is 8.11. The van der Waals surface area contributed by atoms with E-state index in [0.29, 0.717) is 34.7 Å². The minimum absolute atomic E-state index is 0.0263. The van der Waals surface area contributed by atoms with Gasteiger partial charge in [0.25, 0.3) is 0 Å². The lowest BCUT2D eigenvalue weighted by molar-refractivity contribution is 0.0973. The normalized spacial score (nSPS) is 25.5. The number of anilines is 2. The van der Waals surface area contributed by atoms with Crippen LogP contribution in [0.4, 0.5) is 11.6 Å². The molecule has 9 nitrogen and oxygen atoms in total. The molecule has 1 unspecified atom stereocenters. The van der Waals surface area contributed by atoms with Crippen molar-refractivity contribution in [2.75, 3.05) is 42.6 Å². The van der Waals surface area contributed by atoms with E-state index >= 15 is 0 Å². The van der Waals surface area contributed by atoms with Gasteiger partial charge in [0.1, 0.15) is 22.6 Å². The summed E-state index contributed by atoms with van der Waals surface area (Å²) in [5.74, 6) is 1.42. The summed E-state index contributed by atoms with van der Waals surface area (Å²) in [4.78, 5) is 22.5. The van der Waals surface area contributed by atoms with Crippen molar-refractivity contribution in [2.45, 2.75) is 60.9 Å². The topological polar surface area (TPSA) is 105 Å². The first-order valence-electron chi connectivity index (χ1n) is 12.0. The van der Waals surface area contributed by atoms with Crippen LogP contribution in [0.1, 0.15) is 31.9 Å². The molecular formula is C24H30ClN7O2S. The number of hydrogen-bond donors (Lipinski definition) is 2. The largest absolute Gasteiger partial charge is 0.390 e. The Hall–Kier alpha value is -2.16. The van der Waals surface area contributed by atoms with E-state index in [1.807, 2.05) is 13.0 Å². The lowest BCUT2D eigenvalue weighted by atomic mass is 9.73. The third kappa shape index (κ3) is 4.56. The molecule has 3 aliphatic rings. The first-order chi connectivity index (χ1) is 17.0. The highest BCUT2D eigenvalue weighted by Gasteiger charge is 2.47. The molecule has 2 aromatic rings. The quantitative estimate of drug-likeness (QED) is 0.561. The maximum Gasteiger partial charge on any atom is 0.234 e. The molecule has 1 spiro atoms. The van der Waals surface area contributed by atoms with Crippen LogP contribution in [-0.4, -0.2) is 71.0 Å². The van der Waals surface area contributed by atoms with Crippen LogP contribution in [0.5, 0.6) is 0 Å². The number of piperidine rings is 1. The highest BCUT2D eigenvalue weighted by molar-refractivity contribution is 7.99. The van der Waals surface area contributed by atoms with E-state index in [9.17, 15) is 5.11 Å². The van der Waals surface area contributed by atoms with Crippen molar-refractivity contribution in [1.82, 2.24) is 15.0 Å². The number of hydrogen-bond acceptors (Lipinski definition) is 9. The van der Waals surface area contributed by atoms with Crippen molar-refractivity contribution >= 4 is 35.0 Å². The van der Waals surface area contributed by atoms with Crippen LogP contribution in [0.2, 0.25) is 5.02 Å². The second-order valence-electron chi connectivity index (χ2n) is 9.55. The van der Waals surface area contributed by atoms with Crippen molar-refractivity contribution in [2.24, 2.45) is 11.1 Å². The summed E-state index contributed by atoms with van der Waals surface area (Å²) in [6.07, 6.45) is 6.39. The van der Waals surface area contributed by atoms with Gasteiger partial charge in [-0.3, -0.25) is 0 Å². The van der Waals surface area contributed by atoms with Gasteiger partial charge in [-0.15, -0.1) is 0 Å². The average Bonchev–Trinajstić information content (AvgIpc) is 3.13. The Kier molecular flexibility index (Phi) is 7.06.